The molecule has 0 fully saturated rings. The first-order valence-electron chi connectivity index (χ1n) is 9.36. The minimum Gasteiger partial charge on any atom is -0.497 e. The average Bonchev–Trinajstić information content (AvgIpc) is 2.76. The lowest BCUT2D eigenvalue weighted by molar-refractivity contribution is -0.113. The summed E-state index contributed by atoms with van der Waals surface area (Å²) in [7, 11) is 1.53. The Morgan fingerprint density at radius 3 is 2.29 bits per heavy atom. The van der Waals surface area contributed by atoms with Gasteiger partial charge in [-0.05, 0) is 88.6 Å². The predicted octanol–water partition coefficient (Wildman–Crippen LogP) is 5.31. The van der Waals surface area contributed by atoms with E-state index in [0.717, 1.165) is 5.56 Å². The highest BCUT2D eigenvalue weighted by atomic mass is 79.9. The largest absolute Gasteiger partial charge is 0.497 e. The Hall–Kier alpha value is -3.45. The van der Waals surface area contributed by atoms with Gasteiger partial charge in [0.15, 0.2) is 0 Å². The summed E-state index contributed by atoms with van der Waals surface area (Å²) in [6.45, 7) is 1.94. The minimum absolute atomic E-state index is 0.0138. The second kappa shape index (κ2) is 10.0. The van der Waals surface area contributed by atoms with Crippen LogP contribution < -0.4 is 15.4 Å². The fourth-order valence-corrected chi connectivity index (χ4v) is 3.32. The van der Waals surface area contributed by atoms with Gasteiger partial charge < -0.3 is 15.4 Å². The van der Waals surface area contributed by atoms with E-state index < -0.39 is 17.6 Å². The van der Waals surface area contributed by atoms with Crippen molar-refractivity contribution in [2.24, 2.45) is 0 Å². The fourth-order valence-electron chi connectivity index (χ4n) is 2.73. The van der Waals surface area contributed by atoms with Gasteiger partial charge in [-0.15, -0.1) is 0 Å². The molecular formula is C24H20BrFN2O3. The van der Waals surface area contributed by atoms with Gasteiger partial charge in [-0.25, -0.2) is 4.39 Å². The number of aryl methyl sites for hydroxylation is 1. The smallest absolute Gasteiger partial charge is 0.272 e. The van der Waals surface area contributed by atoms with E-state index >= 15 is 0 Å². The summed E-state index contributed by atoms with van der Waals surface area (Å²) in [5.74, 6) is -0.764. The lowest BCUT2D eigenvalue weighted by Gasteiger charge is -2.13. The molecule has 0 aliphatic heterocycles. The van der Waals surface area contributed by atoms with Crippen LogP contribution in [0.1, 0.15) is 21.5 Å². The number of ether oxygens (including phenoxy) is 1. The van der Waals surface area contributed by atoms with E-state index in [0.29, 0.717) is 27.0 Å². The number of rotatable bonds is 6. The molecular weight excluding hydrogens is 463 g/mol. The van der Waals surface area contributed by atoms with Crippen molar-refractivity contribution < 1.29 is 18.7 Å². The SMILES string of the molecule is COc1ccc(C(=O)NC(=Cc2ccc(F)cc2)C(=O)Nc2ccc(C)cc2Br)cc1. The molecule has 5 nitrogen and oxygen atoms in total. The van der Waals surface area contributed by atoms with Gasteiger partial charge in [0.2, 0.25) is 0 Å². The van der Waals surface area contributed by atoms with E-state index in [4.69, 9.17) is 4.74 Å². The molecule has 158 valence electrons. The summed E-state index contributed by atoms with van der Waals surface area (Å²) >= 11 is 3.43. The van der Waals surface area contributed by atoms with Gasteiger partial charge in [-0.1, -0.05) is 18.2 Å². The van der Waals surface area contributed by atoms with Crippen molar-refractivity contribution in [2.45, 2.75) is 6.92 Å². The topological polar surface area (TPSA) is 67.4 Å². The molecule has 31 heavy (non-hydrogen) atoms. The number of nitrogens with one attached hydrogen (secondary N) is 2. The molecule has 3 rings (SSSR count). The molecule has 0 unspecified atom stereocenters. The van der Waals surface area contributed by atoms with Crippen LogP contribution in [-0.4, -0.2) is 18.9 Å². The third-order valence-corrected chi connectivity index (χ3v) is 5.05. The molecule has 0 heterocycles. The zero-order valence-corrected chi connectivity index (χ0v) is 18.5. The van der Waals surface area contributed by atoms with Crippen molar-refractivity contribution in [3.8, 4) is 5.75 Å². The Labute approximate surface area is 188 Å². The monoisotopic (exact) mass is 482 g/mol. The first kappa shape index (κ1) is 22.2. The zero-order valence-electron chi connectivity index (χ0n) is 16.9. The van der Waals surface area contributed by atoms with Crippen molar-refractivity contribution in [2.75, 3.05) is 12.4 Å². The molecule has 0 atom stereocenters. The second-order valence-electron chi connectivity index (χ2n) is 6.73. The Bertz CT molecular complexity index is 1130. The van der Waals surface area contributed by atoms with Gasteiger partial charge in [0.05, 0.1) is 12.8 Å². The van der Waals surface area contributed by atoms with Crippen LogP contribution >= 0.6 is 15.9 Å². The number of halogens is 2. The summed E-state index contributed by atoms with van der Waals surface area (Å²) in [6, 6.07) is 17.6. The zero-order chi connectivity index (χ0) is 22.4. The van der Waals surface area contributed by atoms with Crippen molar-refractivity contribution in [1.82, 2.24) is 5.32 Å². The molecule has 7 heteroatoms. The molecule has 2 amide bonds. The lowest BCUT2D eigenvalue weighted by atomic mass is 10.1. The van der Waals surface area contributed by atoms with Crippen LogP contribution in [0.3, 0.4) is 0 Å². The molecule has 0 bridgehead atoms. The highest BCUT2D eigenvalue weighted by Gasteiger charge is 2.16. The summed E-state index contributed by atoms with van der Waals surface area (Å²) in [5, 5.41) is 5.43. The van der Waals surface area contributed by atoms with Crippen LogP contribution in [0.2, 0.25) is 0 Å². The van der Waals surface area contributed by atoms with E-state index in [9.17, 15) is 14.0 Å². The Morgan fingerprint density at radius 2 is 1.68 bits per heavy atom. The number of anilines is 1. The first-order chi connectivity index (χ1) is 14.9. The van der Waals surface area contributed by atoms with Gasteiger partial charge in [0.25, 0.3) is 11.8 Å². The Balaban J connectivity index is 1.88. The van der Waals surface area contributed by atoms with Gasteiger partial charge in [0.1, 0.15) is 17.3 Å². The van der Waals surface area contributed by atoms with Crippen molar-refractivity contribution in [3.05, 3.63) is 99.4 Å². The molecule has 0 aromatic heterocycles. The quantitative estimate of drug-likeness (QED) is 0.467. The van der Waals surface area contributed by atoms with E-state index in [2.05, 4.69) is 26.6 Å². The number of carbonyl (C=O) groups excluding carboxylic acids is 2. The van der Waals surface area contributed by atoms with Crippen LogP contribution in [-0.2, 0) is 4.79 Å². The maximum atomic E-state index is 13.3. The third kappa shape index (κ3) is 6.02. The second-order valence-corrected chi connectivity index (χ2v) is 7.58. The lowest BCUT2D eigenvalue weighted by Crippen LogP contribution is -2.30. The maximum absolute atomic E-state index is 13.3. The van der Waals surface area contributed by atoms with E-state index in [1.165, 1.54) is 37.5 Å². The first-order valence-corrected chi connectivity index (χ1v) is 10.1. The molecule has 0 aliphatic rings. The third-order valence-electron chi connectivity index (χ3n) is 4.40. The molecule has 3 aromatic rings. The molecule has 0 saturated heterocycles. The number of benzene rings is 3. The van der Waals surface area contributed by atoms with Gasteiger partial charge in [-0.2, -0.15) is 0 Å². The van der Waals surface area contributed by atoms with Gasteiger partial charge >= 0.3 is 0 Å². The standard InChI is InChI=1S/C24H20BrFN2O3/c1-15-3-12-21(20(25)13-15)27-24(30)22(14-16-4-8-18(26)9-5-16)28-23(29)17-6-10-19(31-2)11-7-17/h3-14H,1-2H3,(H,27,30)(H,28,29). The molecule has 0 spiro atoms. The fraction of sp³-hybridized carbons (Fsp3) is 0.0833. The van der Waals surface area contributed by atoms with E-state index in [1.54, 1.807) is 30.3 Å². The number of methoxy groups -OCH3 is 1. The highest BCUT2D eigenvalue weighted by molar-refractivity contribution is 9.10. The van der Waals surface area contributed by atoms with Crippen LogP contribution in [0.4, 0.5) is 10.1 Å². The maximum Gasteiger partial charge on any atom is 0.272 e. The van der Waals surface area contributed by atoms with Gasteiger partial charge in [0, 0.05) is 10.0 Å². The molecule has 2 N–H and O–H groups in total. The molecule has 0 saturated carbocycles. The van der Waals surface area contributed by atoms with Crippen molar-refractivity contribution in [3.63, 3.8) is 0 Å². The Morgan fingerprint density at radius 1 is 1.00 bits per heavy atom. The molecule has 3 aromatic carbocycles. The summed E-state index contributed by atoms with van der Waals surface area (Å²) < 4.78 is 19.1. The highest BCUT2D eigenvalue weighted by Crippen LogP contribution is 2.24. The number of hydrogen-bond acceptors (Lipinski definition) is 3. The minimum atomic E-state index is -0.518. The number of amides is 2. The van der Waals surface area contributed by atoms with E-state index in [1.807, 2.05) is 19.1 Å². The van der Waals surface area contributed by atoms with Crippen LogP contribution in [0.5, 0.6) is 5.75 Å². The molecule has 0 radical (unpaired) electrons. The van der Waals surface area contributed by atoms with Crippen molar-refractivity contribution in [1.29, 1.82) is 0 Å². The summed E-state index contributed by atoms with van der Waals surface area (Å²) in [6.07, 6.45) is 1.48. The van der Waals surface area contributed by atoms with Gasteiger partial charge in [-0.3, -0.25) is 9.59 Å². The number of carbonyl (C=O) groups is 2. The Kier molecular flexibility index (Phi) is 7.20. The van der Waals surface area contributed by atoms with Crippen molar-refractivity contribution >= 4 is 39.5 Å². The van der Waals surface area contributed by atoms with Crippen LogP contribution in [0.25, 0.3) is 6.08 Å². The number of hydrogen-bond donors (Lipinski definition) is 2. The van der Waals surface area contributed by atoms with Crippen LogP contribution in [0.15, 0.2) is 76.9 Å². The average molecular weight is 483 g/mol. The summed E-state index contributed by atoms with van der Waals surface area (Å²) in [5.41, 5.74) is 2.51. The summed E-state index contributed by atoms with van der Waals surface area (Å²) in [4.78, 5) is 25.7. The predicted molar refractivity (Wildman–Crippen MR) is 122 cm³/mol. The van der Waals surface area contributed by atoms with E-state index in [-0.39, 0.29) is 5.70 Å². The van der Waals surface area contributed by atoms with Crippen LogP contribution in [0, 0.1) is 12.7 Å². The molecule has 0 aliphatic carbocycles. The normalized spacial score (nSPS) is 11.0.